The van der Waals surface area contributed by atoms with Crippen LogP contribution in [0.2, 0.25) is 0 Å². The van der Waals surface area contributed by atoms with E-state index in [0.29, 0.717) is 0 Å². The first-order valence-electron chi connectivity index (χ1n) is 12.1. The minimum absolute atomic E-state index is 0.0324. The number of ether oxygens (including phenoxy) is 3. The van der Waals surface area contributed by atoms with Gasteiger partial charge >= 0.3 is 24.1 Å². The Balaban J connectivity index is 1.55. The molecular formula is C28H30N2O8S. The number of amides is 2. The van der Waals surface area contributed by atoms with Crippen molar-refractivity contribution in [2.45, 2.75) is 18.0 Å². The van der Waals surface area contributed by atoms with Crippen molar-refractivity contribution in [1.29, 1.82) is 0 Å². The van der Waals surface area contributed by atoms with Crippen LogP contribution in [-0.2, 0) is 23.8 Å². The van der Waals surface area contributed by atoms with Crippen LogP contribution < -0.4 is 10.6 Å². The predicted molar refractivity (Wildman–Crippen MR) is 147 cm³/mol. The summed E-state index contributed by atoms with van der Waals surface area (Å²) in [4.78, 5) is 48.5. The number of rotatable bonds is 14. The number of esters is 1. The molecule has 0 aromatic heterocycles. The van der Waals surface area contributed by atoms with Crippen LogP contribution in [0.3, 0.4) is 0 Å². The molecule has 2 aromatic rings. The zero-order valence-electron chi connectivity index (χ0n) is 21.2. The molecule has 0 radical (unpaired) electrons. The number of nitrogens with one attached hydrogen (secondary N) is 2. The molecule has 2 atom stereocenters. The van der Waals surface area contributed by atoms with Crippen LogP contribution in [0.15, 0.2) is 73.8 Å². The number of benzene rings is 2. The molecule has 11 heteroatoms. The zero-order valence-corrected chi connectivity index (χ0v) is 22.0. The number of carbonyl (C=O) groups excluding carboxylic acids is 3. The van der Waals surface area contributed by atoms with E-state index in [1.165, 1.54) is 12.2 Å². The largest absolute Gasteiger partial charge is 0.480 e. The molecule has 0 aliphatic heterocycles. The number of carboxylic acid groups (broad SMARTS) is 1. The summed E-state index contributed by atoms with van der Waals surface area (Å²) < 4.78 is 15.3. The maximum atomic E-state index is 12.5. The molecule has 3 rings (SSSR count). The molecule has 3 N–H and O–H groups in total. The van der Waals surface area contributed by atoms with Crippen LogP contribution in [0.25, 0.3) is 11.1 Å². The first-order valence-corrected chi connectivity index (χ1v) is 13.2. The second-order valence-electron chi connectivity index (χ2n) is 8.40. The van der Waals surface area contributed by atoms with Crippen LogP contribution in [-0.4, -0.2) is 72.6 Å². The second-order valence-corrected chi connectivity index (χ2v) is 9.48. The zero-order chi connectivity index (χ0) is 28.2. The third-order valence-electron chi connectivity index (χ3n) is 5.76. The first-order chi connectivity index (χ1) is 18.8. The SMILES string of the molecule is C=CCOC(=O)N[C@@H](CSC[C@H](NC(=O)OCC1c2ccccc2-c2ccccc21)C(=O)O)C(=O)OCC=C. The number of hydrogen-bond donors (Lipinski definition) is 3. The maximum absolute atomic E-state index is 12.5. The van der Waals surface area contributed by atoms with Gasteiger partial charge in [0.15, 0.2) is 0 Å². The van der Waals surface area contributed by atoms with Crippen LogP contribution in [0.5, 0.6) is 0 Å². The van der Waals surface area contributed by atoms with Gasteiger partial charge in [-0.05, 0) is 22.3 Å². The van der Waals surface area contributed by atoms with Crippen molar-refractivity contribution in [3.8, 4) is 11.1 Å². The van der Waals surface area contributed by atoms with E-state index in [9.17, 15) is 24.3 Å². The standard InChI is InChI=1S/C28H30N2O8S/c1-3-13-36-26(33)24(30-27(34)37-14-4-2)17-39-16-23(25(31)32)29-28(35)38-15-22-20-11-7-5-9-18(20)19-10-6-8-12-21(19)22/h3-12,22-24H,1-2,13-17H2,(H,29,35)(H,30,34)(H,31,32)/t23-,24-/m0/s1. The fourth-order valence-electron chi connectivity index (χ4n) is 3.99. The van der Waals surface area contributed by atoms with Crippen LogP contribution in [0.1, 0.15) is 17.0 Å². The first kappa shape index (κ1) is 29.3. The lowest BCUT2D eigenvalue weighted by atomic mass is 9.98. The number of hydrogen-bond acceptors (Lipinski definition) is 8. The van der Waals surface area contributed by atoms with E-state index >= 15 is 0 Å². The Morgan fingerprint density at radius 1 is 0.821 bits per heavy atom. The molecule has 10 nitrogen and oxygen atoms in total. The highest BCUT2D eigenvalue weighted by molar-refractivity contribution is 7.99. The van der Waals surface area contributed by atoms with Crippen molar-refractivity contribution in [3.63, 3.8) is 0 Å². The normalized spacial score (nSPS) is 13.1. The monoisotopic (exact) mass is 554 g/mol. The fraction of sp³-hybridized carbons (Fsp3) is 0.286. The van der Waals surface area contributed by atoms with Gasteiger partial charge in [-0.3, -0.25) is 0 Å². The number of aliphatic carboxylic acids is 1. The predicted octanol–water partition coefficient (Wildman–Crippen LogP) is 3.72. The van der Waals surface area contributed by atoms with Crippen LogP contribution in [0.4, 0.5) is 9.59 Å². The molecular weight excluding hydrogens is 524 g/mol. The Morgan fingerprint density at radius 3 is 1.92 bits per heavy atom. The molecule has 206 valence electrons. The highest BCUT2D eigenvalue weighted by Gasteiger charge is 2.30. The van der Waals surface area contributed by atoms with Gasteiger partial charge in [0.05, 0.1) is 0 Å². The van der Waals surface area contributed by atoms with E-state index in [2.05, 4.69) is 23.8 Å². The second kappa shape index (κ2) is 14.6. The van der Waals surface area contributed by atoms with Crippen LogP contribution >= 0.6 is 11.8 Å². The molecule has 0 saturated heterocycles. The smallest absolute Gasteiger partial charge is 0.408 e. The van der Waals surface area contributed by atoms with E-state index in [1.54, 1.807) is 0 Å². The van der Waals surface area contributed by atoms with Gasteiger partial charge in [0.1, 0.15) is 31.9 Å². The third kappa shape index (κ3) is 8.11. The van der Waals surface area contributed by atoms with Crippen molar-refractivity contribution >= 4 is 35.9 Å². The summed E-state index contributed by atoms with van der Waals surface area (Å²) in [5.74, 6) is -2.33. The molecule has 0 heterocycles. The number of thioether (sulfide) groups is 1. The minimum atomic E-state index is -1.30. The number of fused-ring (bicyclic) bond motifs is 3. The molecule has 0 unspecified atom stereocenters. The molecule has 1 aliphatic rings. The van der Waals surface area contributed by atoms with Gasteiger partial charge < -0.3 is 30.0 Å². The van der Waals surface area contributed by atoms with Crippen molar-refractivity contribution in [2.24, 2.45) is 0 Å². The topological polar surface area (TPSA) is 140 Å². The van der Waals surface area contributed by atoms with E-state index < -0.39 is 36.2 Å². The fourth-order valence-corrected chi connectivity index (χ4v) is 5.04. The molecule has 0 spiro atoms. The van der Waals surface area contributed by atoms with E-state index in [4.69, 9.17) is 14.2 Å². The number of carboxylic acids is 1. The Hall–Kier alpha value is -4.25. The van der Waals surface area contributed by atoms with Gasteiger partial charge in [0.25, 0.3) is 0 Å². The van der Waals surface area contributed by atoms with Gasteiger partial charge in [0.2, 0.25) is 0 Å². The summed E-state index contributed by atoms with van der Waals surface area (Å²) in [6.07, 6.45) is 1.00. The summed E-state index contributed by atoms with van der Waals surface area (Å²) in [6.45, 7) is 6.82. The molecule has 2 amide bonds. The summed E-state index contributed by atoms with van der Waals surface area (Å²) in [7, 11) is 0. The molecule has 0 saturated carbocycles. The van der Waals surface area contributed by atoms with Crippen LogP contribution in [0, 0.1) is 0 Å². The summed E-state index contributed by atoms with van der Waals surface area (Å²) in [6, 6.07) is 13.3. The highest BCUT2D eigenvalue weighted by Crippen LogP contribution is 2.44. The highest BCUT2D eigenvalue weighted by atomic mass is 32.2. The van der Waals surface area contributed by atoms with Crippen molar-refractivity contribution in [1.82, 2.24) is 10.6 Å². The van der Waals surface area contributed by atoms with Gasteiger partial charge in [-0.25, -0.2) is 19.2 Å². The van der Waals surface area contributed by atoms with Gasteiger partial charge in [-0.1, -0.05) is 73.8 Å². The Kier molecular flexibility index (Phi) is 11.0. The third-order valence-corrected chi connectivity index (χ3v) is 6.89. The minimum Gasteiger partial charge on any atom is -0.480 e. The van der Waals surface area contributed by atoms with Gasteiger partial charge in [-0.2, -0.15) is 11.8 Å². The molecule has 2 aromatic carbocycles. The van der Waals surface area contributed by atoms with Crippen molar-refractivity contribution in [3.05, 3.63) is 85.0 Å². The summed E-state index contributed by atoms with van der Waals surface area (Å²) >= 11 is 1.02. The summed E-state index contributed by atoms with van der Waals surface area (Å²) in [5, 5.41) is 14.3. The average molecular weight is 555 g/mol. The molecule has 0 fully saturated rings. The average Bonchev–Trinajstić information content (AvgIpc) is 3.26. The Morgan fingerprint density at radius 2 is 1.33 bits per heavy atom. The van der Waals surface area contributed by atoms with E-state index in [1.807, 2.05) is 48.5 Å². The lowest BCUT2D eigenvalue weighted by molar-refractivity contribution is -0.144. The summed E-state index contributed by atoms with van der Waals surface area (Å²) in [5.41, 5.74) is 4.21. The van der Waals surface area contributed by atoms with Crippen molar-refractivity contribution in [2.75, 3.05) is 31.3 Å². The Labute approximate surface area is 230 Å². The molecule has 39 heavy (non-hydrogen) atoms. The van der Waals surface area contributed by atoms with Gasteiger partial charge in [-0.15, -0.1) is 0 Å². The van der Waals surface area contributed by atoms with Gasteiger partial charge in [0, 0.05) is 17.4 Å². The number of alkyl carbamates (subject to hydrolysis) is 2. The molecule has 1 aliphatic carbocycles. The number of carbonyl (C=O) groups is 4. The lowest BCUT2D eigenvalue weighted by Gasteiger charge is -2.19. The quantitative estimate of drug-likeness (QED) is 0.181. The van der Waals surface area contributed by atoms with Crippen molar-refractivity contribution < 1.29 is 38.5 Å². The van der Waals surface area contributed by atoms with E-state index in [0.717, 1.165) is 34.0 Å². The lowest BCUT2D eigenvalue weighted by Crippen LogP contribution is -2.46. The molecule has 0 bridgehead atoms. The maximum Gasteiger partial charge on any atom is 0.408 e. The van der Waals surface area contributed by atoms with E-state index in [-0.39, 0.29) is 37.2 Å². The Bertz CT molecular complexity index is 1170.